The molecule has 0 heterocycles. The van der Waals surface area contributed by atoms with Gasteiger partial charge in [-0.15, -0.1) is 0 Å². The third kappa shape index (κ3) is 4.40. The van der Waals surface area contributed by atoms with E-state index in [0.717, 1.165) is 11.6 Å². The molecule has 0 aromatic heterocycles. The molecule has 0 aliphatic rings. The molecule has 2 aromatic carbocycles. The predicted octanol–water partition coefficient (Wildman–Crippen LogP) is 4.58. The molecule has 0 saturated carbocycles. The molecule has 0 saturated heterocycles. The lowest BCUT2D eigenvalue weighted by molar-refractivity contribution is -0.386. The summed E-state index contributed by atoms with van der Waals surface area (Å²) in [6.45, 7) is 0.448. The van der Waals surface area contributed by atoms with Crippen molar-refractivity contribution in [3.63, 3.8) is 0 Å². The van der Waals surface area contributed by atoms with Crippen LogP contribution in [-0.4, -0.2) is 18.6 Å². The molecule has 0 bridgehead atoms. The Bertz CT molecular complexity index is 680. The summed E-state index contributed by atoms with van der Waals surface area (Å²) in [5, 5.41) is 14.7. The number of halogens is 2. The van der Waals surface area contributed by atoms with Crippen molar-refractivity contribution in [1.29, 1.82) is 0 Å². The second-order valence-electron chi connectivity index (χ2n) is 4.92. The van der Waals surface area contributed by atoms with Gasteiger partial charge in [0.1, 0.15) is 5.69 Å². The van der Waals surface area contributed by atoms with Crippen molar-refractivity contribution in [2.45, 2.75) is 12.5 Å². The van der Waals surface area contributed by atoms with E-state index in [-0.39, 0.29) is 11.7 Å². The number of ether oxygens (including phenoxy) is 1. The first-order valence-electron chi connectivity index (χ1n) is 6.96. The van der Waals surface area contributed by atoms with E-state index in [9.17, 15) is 14.5 Å². The van der Waals surface area contributed by atoms with Crippen molar-refractivity contribution in [1.82, 2.24) is 0 Å². The topological polar surface area (TPSA) is 64.4 Å². The minimum Gasteiger partial charge on any atom is -0.385 e. The SMILES string of the molecule is COCCC(Nc1cccc(F)c1[N+](=O)[O-])c1ccc(Cl)cc1. The van der Waals surface area contributed by atoms with E-state index >= 15 is 0 Å². The molecule has 1 N–H and O–H groups in total. The van der Waals surface area contributed by atoms with Gasteiger partial charge in [0.05, 0.1) is 11.0 Å². The molecule has 2 aromatic rings. The zero-order valence-electron chi connectivity index (χ0n) is 12.5. The number of methoxy groups -OCH3 is 1. The summed E-state index contributed by atoms with van der Waals surface area (Å²) >= 11 is 5.88. The quantitative estimate of drug-likeness (QED) is 0.593. The summed E-state index contributed by atoms with van der Waals surface area (Å²) in [5.41, 5.74) is 0.444. The van der Waals surface area contributed by atoms with E-state index in [1.807, 2.05) is 12.1 Å². The van der Waals surface area contributed by atoms with Crippen molar-refractivity contribution >= 4 is 23.0 Å². The third-order valence-electron chi connectivity index (χ3n) is 3.38. The summed E-state index contributed by atoms with van der Waals surface area (Å²) < 4.78 is 18.8. The van der Waals surface area contributed by atoms with Gasteiger partial charge in [0.15, 0.2) is 0 Å². The van der Waals surface area contributed by atoms with Crippen LogP contribution in [0, 0.1) is 15.9 Å². The van der Waals surface area contributed by atoms with Gasteiger partial charge in [-0.3, -0.25) is 10.1 Å². The highest BCUT2D eigenvalue weighted by Gasteiger charge is 2.22. The molecule has 7 heteroatoms. The Labute approximate surface area is 138 Å². The maximum atomic E-state index is 13.7. The second kappa shape index (κ2) is 7.89. The predicted molar refractivity (Wildman–Crippen MR) is 87.4 cm³/mol. The Hall–Kier alpha value is -2.18. The van der Waals surface area contributed by atoms with Gasteiger partial charge in [0.25, 0.3) is 0 Å². The fraction of sp³-hybridized carbons (Fsp3) is 0.250. The van der Waals surface area contributed by atoms with Crippen LogP contribution in [0.4, 0.5) is 15.8 Å². The van der Waals surface area contributed by atoms with E-state index in [4.69, 9.17) is 16.3 Å². The normalized spacial score (nSPS) is 12.0. The van der Waals surface area contributed by atoms with Gasteiger partial charge in [0, 0.05) is 18.7 Å². The molecule has 0 radical (unpaired) electrons. The molecule has 0 aliphatic heterocycles. The van der Waals surface area contributed by atoms with Crippen LogP contribution in [-0.2, 0) is 4.74 Å². The second-order valence-corrected chi connectivity index (χ2v) is 5.36. The van der Waals surface area contributed by atoms with Gasteiger partial charge >= 0.3 is 5.69 Å². The zero-order valence-corrected chi connectivity index (χ0v) is 13.2. The van der Waals surface area contributed by atoms with Crippen molar-refractivity contribution in [3.8, 4) is 0 Å². The maximum Gasteiger partial charge on any atom is 0.327 e. The molecular formula is C16H16ClFN2O3. The average molecular weight is 339 g/mol. The van der Waals surface area contributed by atoms with Crippen molar-refractivity contribution in [2.75, 3.05) is 19.0 Å². The molecule has 0 fully saturated rings. The van der Waals surface area contributed by atoms with E-state index in [2.05, 4.69) is 5.32 Å². The lowest BCUT2D eigenvalue weighted by Crippen LogP contribution is -2.14. The van der Waals surface area contributed by atoms with E-state index in [1.165, 1.54) is 12.1 Å². The molecule has 122 valence electrons. The van der Waals surface area contributed by atoms with Crippen LogP contribution in [0.25, 0.3) is 0 Å². The van der Waals surface area contributed by atoms with Crippen molar-refractivity contribution in [3.05, 3.63) is 69.0 Å². The Kier molecular flexibility index (Phi) is 5.90. The summed E-state index contributed by atoms with van der Waals surface area (Å²) in [4.78, 5) is 10.4. The summed E-state index contributed by atoms with van der Waals surface area (Å²) in [6.07, 6.45) is 0.561. The first kappa shape index (κ1) is 17.2. The van der Waals surface area contributed by atoms with Crippen LogP contribution in [0.2, 0.25) is 5.02 Å². The number of anilines is 1. The largest absolute Gasteiger partial charge is 0.385 e. The van der Waals surface area contributed by atoms with Crippen LogP contribution in [0.15, 0.2) is 42.5 Å². The van der Waals surface area contributed by atoms with Crippen LogP contribution >= 0.6 is 11.6 Å². The smallest absolute Gasteiger partial charge is 0.327 e. The van der Waals surface area contributed by atoms with Gasteiger partial charge in [-0.2, -0.15) is 4.39 Å². The zero-order chi connectivity index (χ0) is 16.8. The van der Waals surface area contributed by atoms with Crippen LogP contribution in [0.1, 0.15) is 18.0 Å². The van der Waals surface area contributed by atoms with Gasteiger partial charge < -0.3 is 10.1 Å². The van der Waals surface area contributed by atoms with Crippen molar-refractivity contribution in [2.24, 2.45) is 0 Å². The van der Waals surface area contributed by atoms with E-state index < -0.39 is 16.4 Å². The molecule has 0 amide bonds. The number of nitrogens with one attached hydrogen (secondary N) is 1. The molecule has 5 nitrogen and oxygen atoms in total. The van der Waals surface area contributed by atoms with Gasteiger partial charge in [-0.05, 0) is 36.2 Å². The molecule has 1 atom stereocenters. The number of para-hydroxylation sites is 1. The van der Waals surface area contributed by atoms with Gasteiger partial charge in [-0.1, -0.05) is 29.8 Å². The molecule has 23 heavy (non-hydrogen) atoms. The Morgan fingerprint density at radius 3 is 2.61 bits per heavy atom. The number of rotatable bonds is 7. The number of benzene rings is 2. The maximum absolute atomic E-state index is 13.7. The number of hydrogen-bond acceptors (Lipinski definition) is 4. The number of nitro groups is 1. The fourth-order valence-corrected chi connectivity index (χ4v) is 2.38. The number of nitrogens with zero attached hydrogens (tertiary/aromatic N) is 1. The highest BCUT2D eigenvalue weighted by atomic mass is 35.5. The summed E-state index contributed by atoms with van der Waals surface area (Å²) in [6, 6.07) is 10.8. The highest BCUT2D eigenvalue weighted by Crippen LogP contribution is 2.32. The van der Waals surface area contributed by atoms with Crippen LogP contribution in [0.3, 0.4) is 0 Å². The molecule has 0 aliphatic carbocycles. The minimum atomic E-state index is -0.874. The van der Waals surface area contributed by atoms with Gasteiger partial charge in [0.2, 0.25) is 5.82 Å². The highest BCUT2D eigenvalue weighted by molar-refractivity contribution is 6.30. The minimum absolute atomic E-state index is 0.131. The molecule has 1 unspecified atom stereocenters. The standard InChI is InChI=1S/C16H16ClFN2O3/c1-23-10-9-14(11-5-7-12(17)8-6-11)19-15-4-2-3-13(18)16(15)20(21)22/h2-8,14,19H,9-10H2,1H3. The summed E-state index contributed by atoms with van der Waals surface area (Å²) in [5.74, 6) is -0.874. The molecule has 2 rings (SSSR count). The number of hydrogen-bond donors (Lipinski definition) is 1. The number of nitro benzene ring substituents is 1. The lowest BCUT2D eigenvalue weighted by Gasteiger charge is -2.20. The summed E-state index contributed by atoms with van der Waals surface area (Å²) in [7, 11) is 1.57. The van der Waals surface area contributed by atoms with E-state index in [0.29, 0.717) is 18.1 Å². The molecular weight excluding hydrogens is 323 g/mol. The third-order valence-corrected chi connectivity index (χ3v) is 3.63. The first-order chi connectivity index (χ1) is 11.0. The first-order valence-corrected chi connectivity index (χ1v) is 7.34. The van der Waals surface area contributed by atoms with Crippen LogP contribution in [0.5, 0.6) is 0 Å². The average Bonchev–Trinajstić information content (AvgIpc) is 2.52. The Morgan fingerprint density at radius 1 is 1.30 bits per heavy atom. The monoisotopic (exact) mass is 338 g/mol. The fourth-order valence-electron chi connectivity index (χ4n) is 2.26. The Balaban J connectivity index is 2.33. The van der Waals surface area contributed by atoms with E-state index in [1.54, 1.807) is 19.2 Å². The molecule has 0 spiro atoms. The van der Waals surface area contributed by atoms with Gasteiger partial charge in [-0.25, -0.2) is 0 Å². The van der Waals surface area contributed by atoms with Crippen LogP contribution < -0.4 is 5.32 Å². The Morgan fingerprint density at radius 2 is 2.00 bits per heavy atom. The van der Waals surface area contributed by atoms with Crippen molar-refractivity contribution < 1.29 is 14.1 Å². The lowest BCUT2D eigenvalue weighted by atomic mass is 10.0.